The lowest BCUT2D eigenvalue weighted by molar-refractivity contribution is -0.386. The minimum atomic E-state index is -0.596. The fraction of sp³-hybridized carbons (Fsp3) is 0. The number of rotatable bonds is 5. The molecule has 9 nitrogen and oxygen atoms in total. The molecule has 0 spiro atoms. The maximum atomic E-state index is 10.9. The summed E-state index contributed by atoms with van der Waals surface area (Å²) in [7, 11) is 0. The summed E-state index contributed by atoms with van der Waals surface area (Å²) in [6.07, 6.45) is 1.38. The fourth-order valence-electron chi connectivity index (χ4n) is 1.54. The maximum Gasteiger partial charge on any atom is 0.331 e. The highest BCUT2D eigenvalue weighted by Crippen LogP contribution is 2.29. The molecule has 2 rings (SSSR count). The largest absolute Gasteiger partial charge is 0.434 e. The lowest BCUT2D eigenvalue weighted by Crippen LogP contribution is -1.97. The van der Waals surface area contributed by atoms with Gasteiger partial charge in [-0.25, -0.2) is 4.98 Å². The Morgan fingerprint density at radius 2 is 2.09 bits per heavy atom. The molecule has 1 aromatic carbocycles. The van der Waals surface area contributed by atoms with Gasteiger partial charge in [0.25, 0.3) is 5.88 Å². The number of benzene rings is 1. The molecular weight excluding hydrogens is 300 g/mol. The van der Waals surface area contributed by atoms with Crippen molar-refractivity contribution in [3.63, 3.8) is 0 Å². The molecule has 0 bridgehead atoms. The average molecular weight is 308 g/mol. The van der Waals surface area contributed by atoms with E-state index < -0.39 is 4.92 Å². The van der Waals surface area contributed by atoms with Crippen LogP contribution in [-0.4, -0.2) is 15.6 Å². The Labute approximate surface area is 130 Å². The smallest absolute Gasteiger partial charge is 0.331 e. The van der Waals surface area contributed by atoms with Crippen molar-refractivity contribution in [2.24, 2.45) is 5.10 Å². The Hall–Kier alpha value is -3.98. The highest BCUT2D eigenvalue weighted by Gasteiger charge is 2.16. The minimum Gasteiger partial charge on any atom is -0.434 e. The van der Waals surface area contributed by atoms with E-state index in [9.17, 15) is 10.1 Å². The average Bonchev–Trinajstić information content (AvgIpc) is 2.56. The fourth-order valence-corrected chi connectivity index (χ4v) is 1.54. The predicted molar refractivity (Wildman–Crippen MR) is 79.7 cm³/mol. The third-order valence-electron chi connectivity index (χ3n) is 2.50. The SMILES string of the molecule is N#CC(C#N)=NNc1cccc(Oc2ncccc2[N+](=O)[O-])c1. The summed E-state index contributed by atoms with van der Waals surface area (Å²) < 4.78 is 5.40. The van der Waals surface area contributed by atoms with E-state index in [1.165, 1.54) is 24.4 Å². The second-order valence-corrected chi connectivity index (χ2v) is 4.01. The van der Waals surface area contributed by atoms with Crippen LogP contribution in [0.15, 0.2) is 47.7 Å². The van der Waals surface area contributed by atoms with Gasteiger partial charge in [-0.3, -0.25) is 15.5 Å². The van der Waals surface area contributed by atoms with Gasteiger partial charge in [0.05, 0.1) is 10.6 Å². The first-order chi connectivity index (χ1) is 11.1. The molecule has 0 aliphatic heterocycles. The number of ether oxygens (including phenoxy) is 1. The van der Waals surface area contributed by atoms with Crippen LogP contribution >= 0.6 is 0 Å². The van der Waals surface area contributed by atoms with Crippen LogP contribution in [0.3, 0.4) is 0 Å². The van der Waals surface area contributed by atoms with Gasteiger partial charge in [0, 0.05) is 18.3 Å². The summed E-state index contributed by atoms with van der Waals surface area (Å²) in [5.41, 5.74) is 2.35. The first-order valence-corrected chi connectivity index (χ1v) is 6.15. The normalized spacial score (nSPS) is 9.13. The number of hydrazone groups is 1. The number of anilines is 1. The van der Waals surface area contributed by atoms with Gasteiger partial charge in [0.2, 0.25) is 5.71 Å². The van der Waals surface area contributed by atoms with Gasteiger partial charge in [-0.05, 0) is 18.2 Å². The van der Waals surface area contributed by atoms with Crippen molar-refractivity contribution in [3.05, 3.63) is 52.7 Å². The second-order valence-electron chi connectivity index (χ2n) is 4.01. The molecule has 0 fully saturated rings. The third-order valence-corrected chi connectivity index (χ3v) is 2.50. The molecule has 23 heavy (non-hydrogen) atoms. The van der Waals surface area contributed by atoms with Crippen molar-refractivity contribution < 1.29 is 9.66 Å². The van der Waals surface area contributed by atoms with Gasteiger partial charge in [-0.1, -0.05) is 6.07 Å². The predicted octanol–water partition coefficient (Wildman–Crippen LogP) is 2.60. The summed E-state index contributed by atoms with van der Waals surface area (Å²) in [5, 5.41) is 31.7. The summed E-state index contributed by atoms with van der Waals surface area (Å²) in [6, 6.07) is 12.2. The quantitative estimate of drug-likeness (QED) is 0.509. The minimum absolute atomic E-state index is 0.145. The van der Waals surface area contributed by atoms with Crippen LogP contribution in [0.25, 0.3) is 0 Å². The molecule has 112 valence electrons. The number of pyridine rings is 1. The number of nitriles is 2. The van der Waals surface area contributed by atoms with Gasteiger partial charge < -0.3 is 4.74 Å². The zero-order valence-electron chi connectivity index (χ0n) is 11.5. The monoisotopic (exact) mass is 308 g/mol. The first kappa shape index (κ1) is 15.4. The summed E-state index contributed by atoms with van der Waals surface area (Å²) in [5.74, 6) is 0.135. The molecule has 0 aliphatic rings. The Morgan fingerprint density at radius 1 is 1.30 bits per heavy atom. The van der Waals surface area contributed by atoms with Gasteiger partial charge >= 0.3 is 5.69 Å². The molecule has 0 aliphatic carbocycles. The first-order valence-electron chi connectivity index (χ1n) is 6.15. The van der Waals surface area contributed by atoms with E-state index in [1.54, 1.807) is 30.3 Å². The summed E-state index contributed by atoms with van der Waals surface area (Å²) >= 11 is 0. The van der Waals surface area contributed by atoms with E-state index in [1.807, 2.05) is 0 Å². The van der Waals surface area contributed by atoms with Crippen LogP contribution in [0.1, 0.15) is 0 Å². The molecule has 0 unspecified atom stereocenters. The Morgan fingerprint density at radius 3 is 2.78 bits per heavy atom. The van der Waals surface area contributed by atoms with Crippen LogP contribution in [-0.2, 0) is 0 Å². The second kappa shape index (κ2) is 7.15. The molecule has 0 amide bonds. The number of nitrogens with one attached hydrogen (secondary N) is 1. The molecule has 2 aromatic rings. The number of hydrogen-bond acceptors (Lipinski definition) is 8. The van der Waals surface area contributed by atoms with Crippen LogP contribution < -0.4 is 10.2 Å². The van der Waals surface area contributed by atoms with Crippen LogP contribution in [0.2, 0.25) is 0 Å². The standard InChI is InChI=1S/C14H8N6O3/c15-8-11(9-16)19-18-10-3-1-4-12(7-10)23-14-13(20(21)22)5-2-6-17-14/h1-7,18H. The van der Waals surface area contributed by atoms with Crippen molar-refractivity contribution in [1.29, 1.82) is 10.5 Å². The van der Waals surface area contributed by atoms with Crippen molar-refractivity contribution in [2.75, 3.05) is 5.43 Å². The molecule has 9 heteroatoms. The zero-order chi connectivity index (χ0) is 16.7. The molecule has 0 saturated heterocycles. The molecule has 0 saturated carbocycles. The van der Waals surface area contributed by atoms with E-state index in [2.05, 4.69) is 15.5 Å². The van der Waals surface area contributed by atoms with Crippen LogP contribution in [0.4, 0.5) is 11.4 Å². The highest BCUT2D eigenvalue weighted by molar-refractivity contribution is 6.10. The number of aromatic nitrogens is 1. The Kier molecular flexibility index (Phi) is 4.79. The van der Waals surface area contributed by atoms with Gasteiger partial charge in [-0.15, -0.1) is 0 Å². The van der Waals surface area contributed by atoms with E-state index in [4.69, 9.17) is 15.3 Å². The van der Waals surface area contributed by atoms with Crippen LogP contribution in [0, 0.1) is 32.8 Å². The number of hydrogen-bond donors (Lipinski definition) is 1. The maximum absolute atomic E-state index is 10.9. The topological polar surface area (TPSA) is 137 Å². The molecule has 1 aromatic heterocycles. The summed E-state index contributed by atoms with van der Waals surface area (Å²) in [4.78, 5) is 14.1. The number of nitro groups is 1. The Bertz CT molecular complexity index is 834. The van der Waals surface area contributed by atoms with E-state index in [0.29, 0.717) is 5.69 Å². The van der Waals surface area contributed by atoms with Gasteiger partial charge in [0.15, 0.2) is 0 Å². The van der Waals surface area contributed by atoms with Crippen molar-refractivity contribution in [2.45, 2.75) is 0 Å². The van der Waals surface area contributed by atoms with Crippen molar-refractivity contribution >= 4 is 17.1 Å². The summed E-state index contributed by atoms with van der Waals surface area (Å²) in [6.45, 7) is 0. The van der Waals surface area contributed by atoms with Crippen molar-refractivity contribution in [1.82, 2.24) is 4.98 Å². The molecule has 0 radical (unpaired) electrons. The lowest BCUT2D eigenvalue weighted by Gasteiger charge is -2.06. The van der Waals surface area contributed by atoms with E-state index in [0.717, 1.165) is 0 Å². The van der Waals surface area contributed by atoms with E-state index >= 15 is 0 Å². The zero-order valence-corrected chi connectivity index (χ0v) is 11.5. The lowest BCUT2D eigenvalue weighted by atomic mass is 10.3. The third kappa shape index (κ3) is 4.00. The van der Waals surface area contributed by atoms with Gasteiger partial charge in [0.1, 0.15) is 17.9 Å². The molecule has 1 heterocycles. The van der Waals surface area contributed by atoms with Crippen LogP contribution in [0.5, 0.6) is 11.6 Å². The molecule has 1 N–H and O–H groups in total. The Balaban J connectivity index is 2.22. The molecular formula is C14H8N6O3. The van der Waals surface area contributed by atoms with Gasteiger partial charge in [-0.2, -0.15) is 15.6 Å². The molecule has 0 atom stereocenters. The van der Waals surface area contributed by atoms with E-state index in [-0.39, 0.29) is 23.0 Å². The highest BCUT2D eigenvalue weighted by atomic mass is 16.6. The number of nitrogens with zero attached hydrogens (tertiary/aromatic N) is 5. The van der Waals surface area contributed by atoms with Crippen molar-refractivity contribution in [3.8, 4) is 23.8 Å².